The molecule has 1 fully saturated rings. The molecule has 2 aromatic rings. The van der Waals surface area contributed by atoms with Crippen molar-refractivity contribution in [2.24, 2.45) is 0 Å². The van der Waals surface area contributed by atoms with E-state index in [1.165, 1.54) is 18.2 Å². The van der Waals surface area contributed by atoms with E-state index in [2.05, 4.69) is 5.32 Å². The summed E-state index contributed by atoms with van der Waals surface area (Å²) in [4.78, 5) is 38.0. The summed E-state index contributed by atoms with van der Waals surface area (Å²) in [6, 6.07) is 12.5. The van der Waals surface area contributed by atoms with Gasteiger partial charge in [-0.3, -0.25) is 19.3 Å². The Bertz CT molecular complexity index is 961. The van der Waals surface area contributed by atoms with Crippen LogP contribution < -0.4 is 10.1 Å². The SMILES string of the molecule is CCOc1ccccc1/C=C1/SC(=O)N(CC(=O)Nc2cccc(F)c2)C1=O. The zero-order valence-corrected chi connectivity index (χ0v) is 15.8. The number of nitrogens with zero attached hydrogens (tertiary/aromatic N) is 1. The Morgan fingerprint density at radius 3 is 2.75 bits per heavy atom. The molecule has 0 bridgehead atoms. The lowest BCUT2D eigenvalue weighted by Crippen LogP contribution is -2.36. The maximum Gasteiger partial charge on any atom is 0.294 e. The molecule has 3 rings (SSSR count). The molecule has 0 aliphatic carbocycles. The van der Waals surface area contributed by atoms with Gasteiger partial charge in [0.2, 0.25) is 5.91 Å². The normalized spacial score (nSPS) is 15.2. The lowest BCUT2D eigenvalue weighted by atomic mass is 10.2. The highest BCUT2D eigenvalue weighted by Crippen LogP contribution is 2.33. The maximum absolute atomic E-state index is 13.2. The van der Waals surface area contributed by atoms with Crippen LogP contribution in [0, 0.1) is 5.82 Å². The second-order valence-corrected chi connectivity index (χ2v) is 6.79. The third kappa shape index (κ3) is 4.58. The molecular formula is C20H17FN2O4S. The van der Waals surface area contributed by atoms with Crippen LogP contribution >= 0.6 is 11.8 Å². The standard InChI is InChI=1S/C20H17FN2O4S/c1-2-27-16-9-4-3-6-13(16)10-17-19(25)23(20(26)28-17)12-18(24)22-15-8-5-7-14(21)11-15/h3-11H,2,12H2,1H3,(H,22,24)/b17-10+. The summed E-state index contributed by atoms with van der Waals surface area (Å²) in [6.45, 7) is 1.86. The fraction of sp³-hybridized carbons (Fsp3) is 0.150. The van der Waals surface area contributed by atoms with E-state index in [0.29, 0.717) is 17.9 Å². The van der Waals surface area contributed by atoms with Gasteiger partial charge >= 0.3 is 0 Å². The second kappa shape index (κ2) is 8.71. The van der Waals surface area contributed by atoms with Crippen molar-refractivity contribution >= 4 is 40.6 Å². The molecule has 0 aromatic heterocycles. The first-order chi connectivity index (χ1) is 13.5. The highest BCUT2D eigenvalue weighted by molar-refractivity contribution is 8.18. The van der Waals surface area contributed by atoms with Crippen molar-refractivity contribution in [3.05, 3.63) is 64.8 Å². The van der Waals surface area contributed by atoms with E-state index in [1.54, 1.807) is 24.3 Å². The number of carbonyl (C=O) groups is 3. The Labute approximate surface area is 165 Å². The number of benzene rings is 2. The van der Waals surface area contributed by atoms with Gasteiger partial charge in [-0.2, -0.15) is 0 Å². The molecule has 1 saturated heterocycles. The molecule has 28 heavy (non-hydrogen) atoms. The minimum absolute atomic E-state index is 0.204. The van der Waals surface area contributed by atoms with Crippen LogP contribution in [0.25, 0.3) is 6.08 Å². The van der Waals surface area contributed by atoms with E-state index < -0.39 is 29.4 Å². The molecule has 1 N–H and O–H groups in total. The Balaban J connectivity index is 1.72. The molecule has 0 unspecified atom stereocenters. The molecule has 1 aliphatic rings. The lowest BCUT2D eigenvalue weighted by molar-refractivity contribution is -0.127. The highest BCUT2D eigenvalue weighted by Gasteiger charge is 2.36. The van der Waals surface area contributed by atoms with Gasteiger partial charge in [0.1, 0.15) is 18.1 Å². The zero-order chi connectivity index (χ0) is 20.1. The number of para-hydroxylation sites is 1. The van der Waals surface area contributed by atoms with Crippen LogP contribution in [0.2, 0.25) is 0 Å². The molecule has 1 heterocycles. The van der Waals surface area contributed by atoms with Crippen molar-refractivity contribution in [2.45, 2.75) is 6.92 Å². The fourth-order valence-electron chi connectivity index (χ4n) is 2.57. The van der Waals surface area contributed by atoms with E-state index in [1.807, 2.05) is 13.0 Å². The number of hydrogen-bond donors (Lipinski definition) is 1. The number of anilines is 1. The molecule has 3 amide bonds. The molecule has 144 valence electrons. The van der Waals surface area contributed by atoms with Crippen molar-refractivity contribution in [1.82, 2.24) is 4.90 Å². The van der Waals surface area contributed by atoms with Gasteiger partial charge in [0.25, 0.3) is 11.1 Å². The Morgan fingerprint density at radius 2 is 2.00 bits per heavy atom. The zero-order valence-electron chi connectivity index (χ0n) is 15.0. The molecule has 0 spiro atoms. The first-order valence-electron chi connectivity index (χ1n) is 8.50. The average molecular weight is 400 g/mol. The predicted octanol–water partition coefficient (Wildman–Crippen LogP) is 3.90. The lowest BCUT2D eigenvalue weighted by Gasteiger charge is -2.12. The first kappa shape index (κ1) is 19.6. The van der Waals surface area contributed by atoms with Crippen molar-refractivity contribution in [2.75, 3.05) is 18.5 Å². The third-order valence-corrected chi connectivity index (χ3v) is 4.70. The highest BCUT2D eigenvalue weighted by atomic mass is 32.2. The summed E-state index contributed by atoms with van der Waals surface area (Å²) >= 11 is 0.757. The van der Waals surface area contributed by atoms with Crippen LogP contribution in [0.1, 0.15) is 12.5 Å². The number of imide groups is 1. The van der Waals surface area contributed by atoms with Crippen molar-refractivity contribution in [3.8, 4) is 5.75 Å². The maximum atomic E-state index is 13.2. The van der Waals surface area contributed by atoms with Crippen LogP contribution in [0.15, 0.2) is 53.4 Å². The fourth-order valence-corrected chi connectivity index (χ4v) is 3.40. The predicted molar refractivity (Wildman–Crippen MR) is 105 cm³/mol. The van der Waals surface area contributed by atoms with Crippen LogP contribution in [0.3, 0.4) is 0 Å². The molecule has 2 aromatic carbocycles. The Morgan fingerprint density at radius 1 is 1.21 bits per heavy atom. The number of hydrogen-bond acceptors (Lipinski definition) is 5. The summed E-state index contributed by atoms with van der Waals surface area (Å²) in [5.74, 6) is -1.06. The number of rotatable bonds is 6. The summed E-state index contributed by atoms with van der Waals surface area (Å²) in [6.07, 6.45) is 1.57. The van der Waals surface area contributed by atoms with E-state index in [-0.39, 0.29) is 10.6 Å². The van der Waals surface area contributed by atoms with Gasteiger partial charge in [-0.15, -0.1) is 0 Å². The van der Waals surface area contributed by atoms with Gasteiger partial charge < -0.3 is 10.1 Å². The molecule has 0 radical (unpaired) electrons. The number of halogens is 1. The quantitative estimate of drug-likeness (QED) is 0.745. The molecule has 0 atom stereocenters. The van der Waals surface area contributed by atoms with Gasteiger partial charge in [0.05, 0.1) is 11.5 Å². The summed E-state index contributed by atoms with van der Waals surface area (Å²) < 4.78 is 18.7. The van der Waals surface area contributed by atoms with Crippen molar-refractivity contribution < 1.29 is 23.5 Å². The number of ether oxygens (including phenoxy) is 1. The number of thioether (sulfide) groups is 1. The van der Waals surface area contributed by atoms with Crippen LogP contribution in [0.5, 0.6) is 5.75 Å². The molecule has 1 aliphatic heterocycles. The summed E-state index contributed by atoms with van der Waals surface area (Å²) in [5, 5.41) is 1.93. The number of nitrogens with one attached hydrogen (secondary N) is 1. The summed E-state index contributed by atoms with van der Waals surface area (Å²) in [7, 11) is 0. The van der Waals surface area contributed by atoms with Crippen molar-refractivity contribution in [1.29, 1.82) is 0 Å². The van der Waals surface area contributed by atoms with E-state index in [4.69, 9.17) is 4.74 Å². The molecule has 0 saturated carbocycles. The topological polar surface area (TPSA) is 75.7 Å². The molecule has 6 nitrogen and oxygen atoms in total. The third-order valence-electron chi connectivity index (χ3n) is 3.79. The number of carbonyl (C=O) groups excluding carboxylic acids is 3. The minimum atomic E-state index is -0.594. The molecule has 8 heteroatoms. The van der Waals surface area contributed by atoms with Gasteiger partial charge in [-0.1, -0.05) is 24.3 Å². The Hall–Kier alpha value is -3.13. The largest absolute Gasteiger partial charge is 0.493 e. The monoisotopic (exact) mass is 400 g/mol. The van der Waals surface area contributed by atoms with Crippen LogP contribution in [-0.2, 0) is 9.59 Å². The Kier molecular flexibility index (Phi) is 6.10. The average Bonchev–Trinajstić information content (AvgIpc) is 2.91. The molecular weight excluding hydrogens is 383 g/mol. The van der Waals surface area contributed by atoms with Gasteiger partial charge in [0, 0.05) is 11.3 Å². The first-order valence-corrected chi connectivity index (χ1v) is 9.32. The van der Waals surface area contributed by atoms with Gasteiger partial charge in [-0.05, 0) is 49.0 Å². The second-order valence-electron chi connectivity index (χ2n) is 5.80. The van der Waals surface area contributed by atoms with Crippen molar-refractivity contribution in [3.63, 3.8) is 0 Å². The summed E-state index contributed by atoms with van der Waals surface area (Å²) in [5.41, 5.74) is 0.914. The smallest absolute Gasteiger partial charge is 0.294 e. The van der Waals surface area contributed by atoms with Gasteiger partial charge in [0.15, 0.2) is 0 Å². The van der Waals surface area contributed by atoms with Crippen LogP contribution in [0.4, 0.5) is 14.9 Å². The van der Waals surface area contributed by atoms with Crippen LogP contribution in [-0.4, -0.2) is 35.1 Å². The van der Waals surface area contributed by atoms with Gasteiger partial charge in [-0.25, -0.2) is 4.39 Å². The van der Waals surface area contributed by atoms with E-state index in [0.717, 1.165) is 22.7 Å². The minimum Gasteiger partial charge on any atom is -0.493 e. The number of amides is 3. The van der Waals surface area contributed by atoms with E-state index in [9.17, 15) is 18.8 Å². The van der Waals surface area contributed by atoms with E-state index >= 15 is 0 Å².